The third-order valence-electron chi connectivity index (χ3n) is 3.75. The molecule has 7 heteroatoms. The second-order valence-corrected chi connectivity index (χ2v) is 4.94. The van der Waals surface area contributed by atoms with Crippen molar-refractivity contribution in [1.82, 2.24) is 5.32 Å². The van der Waals surface area contributed by atoms with Gasteiger partial charge in [0.1, 0.15) is 5.82 Å². The zero-order chi connectivity index (χ0) is 15.0. The predicted molar refractivity (Wildman–Crippen MR) is 62.6 cm³/mol. The van der Waals surface area contributed by atoms with E-state index in [9.17, 15) is 22.4 Å². The lowest BCUT2D eigenvalue weighted by molar-refractivity contribution is -0.236. The summed E-state index contributed by atoms with van der Waals surface area (Å²) in [5, 5.41) is 11.6. The minimum absolute atomic E-state index is 0.0671. The quantitative estimate of drug-likeness (QED) is 0.840. The van der Waals surface area contributed by atoms with Crippen LogP contribution in [-0.2, 0) is 11.2 Å². The summed E-state index contributed by atoms with van der Waals surface area (Å²) < 4.78 is 52.7. The minimum atomic E-state index is -4.86. The van der Waals surface area contributed by atoms with E-state index in [1.54, 1.807) is 0 Å². The lowest BCUT2D eigenvalue weighted by Gasteiger charge is -2.32. The van der Waals surface area contributed by atoms with Crippen LogP contribution in [0, 0.1) is 17.2 Å². The van der Waals surface area contributed by atoms with Crippen LogP contribution in [-0.4, -0.2) is 30.3 Å². The van der Waals surface area contributed by atoms with Gasteiger partial charge in [-0.15, -0.1) is 0 Å². The van der Waals surface area contributed by atoms with Gasteiger partial charge in [0.25, 0.3) is 0 Å². The number of alkyl halides is 3. The maximum Gasteiger partial charge on any atom is 0.406 e. The van der Waals surface area contributed by atoms with Gasteiger partial charge in [-0.2, -0.15) is 13.2 Å². The molecule has 1 aliphatic heterocycles. The zero-order valence-electron chi connectivity index (χ0n) is 10.4. The molecule has 0 saturated carbocycles. The molecule has 1 saturated heterocycles. The zero-order valence-corrected chi connectivity index (χ0v) is 10.4. The van der Waals surface area contributed by atoms with Gasteiger partial charge in [0, 0.05) is 12.5 Å². The number of hydrogen-bond acceptors (Lipinski definition) is 2. The molecule has 2 unspecified atom stereocenters. The highest BCUT2D eigenvalue weighted by atomic mass is 19.4. The van der Waals surface area contributed by atoms with Crippen LogP contribution in [0.3, 0.4) is 0 Å². The number of carboxylic acid groups (broad SMARTS) is 1. The average Bonchev–Trinajstić information content (AvgIpc) is 2.73. The van der Waals surface area contributed by atoms with Crippen LogP contribution in [0.5, 0.6) is 0 Å². The second kappa shape index (κ2) is 5.05. The van der Waals surface area contributed by atoms with Gasteiger partial charge in [0.05, 0.1) is 0 Å². The van der Waals surface area contributed by atoms with Crippen LogP contribution in [0.1, 0.15) is 5.56 Å². The van der Waals surface area contributed by atoms with Gasteiger partial charge < -0.3 is 10.4 Å². The van der Waals surface area contributed by atoms with Crippen LogP contribution < -0.4 is 5.32 Å². The Bertz CT molecular complexity index is 517. The summed E-state index contributed by atoms with van der Waals surface area (Å²) in [5.74, 6) is -3.61. The van der Waals surface area contributed by atoms with Crippen molar-refractivity contribution in [2.24, 2.45) is 11.3 Å². The summed E-state index contributed by atoms with van der Waals surface area (Å²) in [6, 6.07) is 5.19. The Balaban J connectivity index is 2.32. The topological polar surface area (TPSA) is 49.3 Å². The summed E-state index contributed by atoms with van der Waals surface area (Å²) in [5.41, 5.74) is -2.46. The van der Waals surface area contributed by atoms with E-state index < -0.39 is 35.8 Å². The molecular formula is C13H13F4NO2. The number of rotatable bonds is 3. The van der Waals surface area contributed by atoms with Crippen LogP contribution >= 0.6 is 0 Å². The van der Waals surface area contributed by atoms with Crippen LogP contribution in [0.2, 0.25) is 0 Å². The van der Waals surface area contributed by atoms with Crippen LogP contribution in [0.15, 0.2) is 24.3 Å². The fourth-order valence-electron chi connectivity index (χ4n) is 2.66. The first kappa shape index (κ1) is 14.8. The average molecular weight is 291 g/mol. The van der Waals surface area contributed by atoms with E-state index in [0.29, 0.717) is 5.56 Å². The molecule has 2 atom stereocenters. The summed E-state index contributed by atoms with van der Waals surface area (Å²) in [6.45, 7) is -0.728. The van der Waals surface area contributed by atoms with Crippen molar-refractivity contribution >= 4 is 5.97 Å². The highest BCUT2D eigenvalue weighted by Crippen LogP contribution is 2.47. The molecule has 0 aliphatic carbocycles. The van der Waals surface area contributed by atoms with Gasteiger partial charge in [-0.05, 0) is 30.7 Å². The Morgan fingerprint density at radius 3 is 2.70 bits per heavy atom. The number of nitrogens with one attached hydrogen (secondary N) is 1. The van der Waals surface area contributed by atoms with E-state index in [2.05, 4.69) is 5.32 Å². The number of benzene rings is 1. The fourth-order valence-corrected chi connectivity index (χ4v) is 2.66. The number of aliphatic carboxylic acids is 1. The second-order valence-electron chi connectivity index (χ2n) is 4.94. The van der Waals surface area contributed by atoms with Crippen molar-refractivity contribution in [3.63, 3.8) is 0 Å². The summed E-state index contributed by atoms with van der Waals surface area (Å²) in [6.07, 6.45) is -5.00. The molecule has 1 aliphatic rings. The van der Waals surface area contributed by atoms with Gasteiger partial charge in [-0.3, -0.25) is 4.79 Å². The first-order valence-electron chi connectivity index (χ1n) is 6.02. The molecule has 0 amide bonds. The van der Waals surface area contributed by atoms with E-state index >= 15 is 0 Å². The van der Waals surface area contributed by atoms with Gasteiger partial charge in [0.15, 0.2) is 5.41 Å². The molecule has 1 aromatic carbocycles. The molecule has 0 spiro atoms. The van der Waals surface area contributed by atoms with Crippen molar-refractivity contribution < 1.29 is 27.5 Å². The van der Waals surface area contributed by atoms with Crippen molar-refractivity contribution in [3.8, 4) is 0 Å². The maximum absolute atomic E-state index is 13.2. The Labute approximate surface area is 112 Å². The van der Waals surface area contributed by atoms with Gasteiger partial charge in [-0.1, -0.05) is 12.1 Å². The Morgan fingerprint density at radius 1 is 1.45 bits per heavy atom. The molecule has 1 fully saturated rings. The van der Waals surface area contributed by atoms with Gasteiger partial charge in [-0.25, -0.2) is 4.39 Å². The number of carboxylic acids is 1. The normalized spacial score (nSPS) is 26.7. The molecular weight excluding hydrogens is 278 g/mol. The molecule has 2 rings (SSSR count). The van der Waals surface area contributed by atoms with Gasteiger partial charge >= 0.3 is 12.1 Å². The third-order valence-corrected chi connectivity index (χ3v) is 3.75. The van der Waals surface area contributed by atoms with E-state index in [1.165, 1.54) is 18.2 Å². The SMILES string of the molecule is O=C(O)C1(C(F)(F)F)CNCC1Cc1cccc(F)c1. The molecule has 0 bridgehead atoms. The van der Waals surface area contributed by atoms with E-state index in [-0.39, 0.29) is 13.0 Å². The summed E-state index contributed by atoms with van der Waals surface area (Å²) >= 11 is 0. The summed E-state index contributed by atoms with van der Waals surface area (Å²) in [4.78, 5) is 11.2. The fraction of sp³-hybridized carbons (Fsp3) is 0.462. The number of halogens is 4. The predicted octanol–water partition coefficient (Wildman–Crippen LogP) is 2.22. The molecule has 2 N–H and O–H groups in total. The smallest absolute Gasteiger partial charge is 0.406 e. The number of carbonyl (C=O) groups is 1. The highest BCUT2D eigenvalue weighted by Gasteiger charge is 2.66. The Morgan fingerprint density at radius 2 is 2.15 bits per heavy atom. The first-order valence-corrected chi connectivity index (χ1v) is 6.02. The molecule has 0 radical (unpaired) electrons. The lowest BCUT2D eigenvalue weighted by atomic mass is 9.74. The van der Waals surface area contributed by atoms with E-state index in [0.717, 1.165) is 6.07 Å². The third kappa shape index (κ3) is 2.37. The highest BCUT2D eigenvalue weighted by molar-refractivity contribution is 5.77. The van der Waals surface area contributed by atoms with Gasteiger partial charge in [0.2, 0.25) is 0 Å². The minimum Gasteiger partial charge on any atom is -0.481 e. The van der Waals surface area contributed by atoms with E-state index in [1.807, 2.05) is 0 Å². The summed E-state index contributed by atoms with van der Waals surface area (Å²) in [7, 11) is 0. The Kier molecular flexibility index (Phi) is 3.73. The first-order chi connectivity index (χ1) is 9.27. The van der Waals surface area contributed by atoms with Crippen LogP contribution in [0.4, 0.5) is 17.6 Å². The number of hydrogen-bond donors (Lipinski definition) is 2. The van der Waals surface area contributed by atoms with Crippen molar-refractivity contribution in [1.29, 1.82) is 0 Å². The molecule has 20 heavy (non-hydrogen) atoms. The Hall–Kier alpha value is -1.63. The molecule has 110 valence electrons. The van der Waals surface area contributed by atoms with Crippen molar-refractivity contribution in [2.45, 2.75) is 12.6 Å². The lowest BCUT2D eigenvalue weighted by Crippen LogP contribution is -2.51. The van der Waals surface area contributed by atoms with E-state index in [4.69, 9.17) is 5.11 Å². The van der Waals surface area contributed by atoms with Crippen LogP contribution in [0.25, 0.3) is 0 Å². The molecule has 1 heterocycles. The molecule has 0 aromatic heterocycles. The largest absolute Gasteiger partial charge is 0.481 e. The molecule has 1 aromatic rings. The standard InChI is InChI=1S/C13H13F4NO2/c14-10-3-1-2-8(5-10)4-9-6-18-7-12(9,11(19)20)13(15,16)17/h1-3,5,9,18H,4,6-7H2,(H,19,20). The molecule has 3 nitrogen and oxygen atoms in total. The maximum atomic E-state index is 13.2. The van der Waals surface area contributed by atoms with Crippen molar-refractivity contribution in [3.05, 3.63) is 35.6 Å². The monoisotopic (exact) mass is 291 g/mol. The van der Waals surface area contributed by atoms with Crippen molar-refractivity contribution in [2.75, 3.05) is 13.1 Å².